The highest BCUT2D eigenvalue weighted by Crippen LogP contribution is 2.17. The van der Waals surface area contributed by atoms with E-state index in [9.17, 15) is 9.59 Å². The number of nitrogens with two attached hydrogens (primary N) is 1. The molecule has 32 heavy (non-hydrogen) atoms. The predicted molar refractivity (Wildman–Crippen MR) is 127 cm³/mol. The zero-order valence-corrected chi connectivity index (χ0v) is 18.3. The van der Waals surface area contributed by atoms with Crippen LogP contribution in [0, 0.1) is 0 Å². The molecule has 0 aromatic heterocycles. The van der Waals surface area contributed by atoms with Crippen LogP contribution in [0.2, 0.25) is 0 Å². The Hall–Kier alpha value is -3.64. The maximum Gasteiger partial charge on any atom is 0.254 e. The van der Waals surface area contributed by atoms with Gasteiger partial charge in [-0.15, -0.1) is 0 Å². The van der Waals surface area contributed by atoms with E-state index in [4.69, 9.17) is 10.5 Å². The standard InChI is InChI=1S/C26H29N3O3/c1-32-24-13-11-22(12-14-24)26(31)29(16-6-15-27)19-21-9-5-10-23(17-21)28-25(30)18-20-7-3-2-4-8-20/h2-5,7-14,17H,6,15-16,18-19,27H2,1H3,(H,28,30). The second-order valence-electron chi connectivity index (χ2n) is 7.51. The molecule has 0 aliphatic carbocycles. The molecule has 0 heterocycles. The fourth-order valence-corrected chi connectivity index (χ4v) is 3.40. The van der Waals surface area contributed by atoms with E-state index in [1.807, 2.05) is 54.6 Å². The summed E-state index contributed by atoms with van der Waals surface area (Å²) in [6.07, 6.45) is 1.01. The van der Waals surface area contributed by atoms with E-state index in [0.717, 1.165) is 11.1 Å². The van der Waals surface area contributed by atoms with Gasteiger partial charge in [-0.2, -0.15) is 0 Å². The van der Waals surface area contributed by atoms with Crippen LogP contribution in [0.25, 0.3) is 0 Å². The van der Waals surface area contributed by atoms with Crippen molar-refractivity contribution in [2.24, 2.45) is 5.73 Å². The van der Waals surface area contributed by atoms with E-state index >= 15 is 0 Å². The summed E-state index contributed by atoms with van der Waals surface area (Å²) < 4.78 is 5.18. The third kappa shape index (κ3) is 6.68. The number of methoxy groups -OCH3 is 1. The van der Waals surface area contributed by atoms with E-state index < -0.39 is 0 Å². The largest absolute Gasteiger partial charge is 0.497 e. The Bertz CT molecular complexity index is 1020. The lowest BCUT2D eigenvalue weighted by Gasteiger charge is -2.23. The van der Waals surface area contributed by atoms with Crippen molar-refractivity contribution in [3.05, 3.63) is 95.6 Å². The van der Waals surface area contributed by atoms with Crippen LogP contribution < -0.4 is 15.8 Å². The molecule has 3 aromatic rings. The number of hydrogen-bond acceptors (Lipinski definition) is 4. The lowest BCUT2D eigenvalue weighted by atomic mass is 10.1. The zero-order valence-electron chi connectivity index (χ0n) is 18.3. The fourth-order valence-electron chi connectivity index (χ4n) is 3.40. The topological polar surface area (TPSA) is 84.7 Å². The SMILES string of the molecule is COc1ccc(C(=O)N(CCCN)Cc2cccc(NC(=O)Cc3ccccc3)c2)cc1. The maximum absolute atomic E-state index is 13.1. The van der Waals surface area contributed by atoms with Crippen LogP contribution in [0.1, 0.15) is 27.9 Å². The summed E-state index contributed by atoms with van der Waals surface area (Å²) in [7, 11) is 1.59. The van der Waals surface area contributed by atoms with Crippen molar-refractivity contribution in [3.8, 4) is 5.75 Å². The van der Waals surface area contributed by atoms with Gasteiger partial charge in [-0.3, -0.25) is 9.59 Å². The highest BCUT2D eigenvalue weighted by atomic mass is 16.5. The average Bonchev–Trinajstić information content (AvgIpc) is 2.82. The molecule has 6 nitrogen and oxygen atoms in total. The van der Waals surface area contributed by atoms with Gasteiger partial charge in [0.1, 0.15) is 5.75 Å². The Labute approximate surface area is 189 Å². The molecule has 0 saturated heterocycles. The van der Waals surface area contributed by atoms with Gasteiger partial charge in [0.2, 0.25) is 5.91 Å². The monoisotopic (exact) mass is 431 g/mol. The van der Waals surface area contributed by atoms with Gasteiger partial charge in [-0.25, -0.2) is 0 Å². The minimum absolute atomic E-state index is 0.0698. The highest BCUT2D eigenvalue weighted by Gasteiger charge is 2.16. The smallest absolute Gasteiger partial charge is 0.254 e. The van der Waals surface area contributed by atoms with Crippen molar-refractivity contribution in [2.75, 3.05) is 25.5 Å². The lowest BCUT2D eigenvalue weighted by Crippen LogP contribution is -2.32. The first-order chi connectivity index (χ1) is 15.6. The molecule has 166 valence electrons. The van der Waals surface area contributed by atoms with Crippen molar-refractivity contribution < 1.29 is 14.3 Å². The number of rotatable bonds is 10. The summed E-state index contributed by atoms with van der Waals surface area (Å²) in [6.45, 7) is 1.47. The Morgan fingerprint density at radius 1 is 0.938 bits per heavy atom. The van der Waals surface area contributed by atoms with Gasteiger partial charge in [0.25, 0.3) is 5.91 Å². The third-order valence-corrected chi connectivity index (χ3v) is 5.05. The summed E-state index contributed by atoms with van der Waals surface area (Å²) >= 11 is 0. The van der Waals surface area contributed by atoms with E-state index in [1.165, 1.54) is 0 Å². The van der Waals surface area contributed by atoms with E-state index in [2.05, 4.69) is 5.32 Å². The Balaban J connectivity index is 1.69. The fraction of sp³-hybridized carbons (Fsp3) is 0.231. The average molecular weight is 432 g/mol. The summed E-state index contributed by atoms with van der Waals surface area (Å²) in [5.74, 6) is 0.552. The molecule has 0 spiro atoms. The number of carbonyl (C=O) groups is 2. The number of amides is 2. The number of nitrogens with zero attached hydrogens (tertiary/aromatic N) is 1. The second-order valence-corrected chi connectivity index (χ2v) is 7.51. The van der Waals surface area contributed by atoms with Crippen LogP contribution >= 0.6 is 0 Å². The van der Waals surface area contributed by atoms with Gasteiger partial charge >= 0.3 is 0 Å². The lowest BCUT2D eigenvalue weighted by molar-refractivity contribution is -0.115. The number of carbonyl (C=O) groups excluding carboxylic acids is 2. The van der Waals surface area contributed by atoms with Gasteiger partial charge < -0.3 is 20.7 Å². The Morgan fingerprint density at radius 3 is 2.34 bits per heavy atom. The molecule has 6 heteroatoms. The molecule has 0 bridgehead atoms. The highest BCUT2D eigenvalue weighted by molar-refractivity contribution is 5.94. The number of benzene rings is 3. The van der Waals surface area contributed by atoms with Gasteiger partial charge in [-0.05, 0) is 60.5 Å². The molecule has 0 saturated carbocycles. The molecule has 3 N–H and O–H groups in total. The van der Waals surface area contributed by atoms with Crippen LogP contribution in [0.3, 0.4) is 0 Å². The maximum atomic E-state index is 13.1. The normalized spacial score (nSPS) is 10.4. The van der Waals surface area contributed by atoms with Crippen molar-refractivity contribution in [2.45, 2.75) is 19.4 Å². The number of nitrogens with one attached hydrogen (secondary N) is 1. The summed E-state index contributed by atoms with van der Waals surface area (Å²) in [6, 6.07) is 24.3. The quantitative estimate of drug-likeness (QED) is 0.510. The molecule has 3 rings (SSSR count). The summed E-state index contributed by atoms with van der Waals surface area (Å²) in [4.78, 5) is 27.3. The Kier molecular flexibility index (Phi) is 8.40. The third-order valence-electron chi connectivity index (χ3n) is 5.05. The molecule has 0 unspecified atom stereocenters. The minimum Gasteiger partial charge on any atom is -0.497 e. The molecular weight excluding hydrogens is 402 g/mol. The molecule has 0 radical (unpaired) electrons. The molecule has 0 atom stereocenters. The first-order valence-electron chi connectivity index (χ1n) is 10.6. The molecule has 0 fully saturated rings. The molecule has 0 aliphatic heterocycles. The van der Waals surface area contributed by atoms with Crippen LogP contribution in [0.5, 0.6) is 5.75 Å². The van der Waals surface area contributed by atoms with E-state index in [-0.39, 0.29) is 11.8 Å². The van der Waals surface area contributed by atoms with Gasteiger partial charge in [0, 0.05) is 24.3 Å². The first kappa shape index (κ1) is 23.0. The summed E-state index contributed by atoms with van der Waals surface area (Å²) in [5.41, 5.74) is 8.88. The minimum atomic E-state index is -0.0809. The van der Waals surface area contributed by atoms with E-state index in [0.29, 0.717) is 49.5 Å². The number of ether oxygens (including phenoxy) is 1. The van der Waals surface area contributed by atoms with Crippen molar-refractivity contribution in [1.82, 2.24) is 4.90 Å². The predicted octanol–water partition coefficient (Wildman–Crippen LogP) is 3.87. The molecule has 2 amide bonds. The number of hydrogen-bond donors (Lipinski definition) is 2. The molecular formula is C26H29N3O3. The van der Waals surface area contributed by atoms with Crippen molar-refractivity contribution in [1.29, 1.82) is 0 Å². The van der Waals surface area contributed by atoms with Crippen molar-refractivity contribution >= 4 is 17.5 Å². The van der Waals surface area contributed by atoms with Crippen LogP contribution in [0.15, 0.2) is 78.9 Å². The van der Waals surface area contributed by atoms with Crippen LogP contribution in [-0.2, 0) is 17.8 Å². The van der Waals surface area contributed by atoms with Gasteiger partial charge in [0.05, 0.1) is 13.5 Å². The summed E-state index contributed by atoms with van der Waals surface area (Å²) in [5, 5.41) is 2.94. The molecule has 3 aromatic carbocycles. The van der Waals surface area contributed by atoms with Gasteiger partial charge in [0.15, 0.2) is 0 Å². The molecule has 0 aliphatic rings. The van der Waals surface area contributed by atoms with E-state index in [1.54, 1.807) is 36.3 Å². The first-order valence-corrected chi connectivity index (χ1v) is 10.6. The van der Waals surface area contributed by atoms with Crippen molar-refractivity contribution in [3.63, 3.8) is 0 Å². The van der Waals surface area contributed by atoms with Crippen LogP contribution in [0.4, 0.5) is 5.69 Å². The second kappa shape index (κ2) is 11.7. The van der Waals surface area contributed by atoms with Gasteiger partial charge in [-0.1, -0.05) is 42.5 Å². The zero-order chi connectivity index (χ0) is 22.8. The van der Waals surface area contributed by atoms with Crippen LogP contribution in [-0.4, -0.2) is 36.9 Å². The number of anilines is 1. The Morgan fingerprint density at radius 2 is 1.66 bits per heavy atom.